The largest absolute Gasteiger partial charge is 0.280 e. The Morgan fingerprint density at radius 3 is 2.33 bits per heavy atom. The monoisotopic (exact) mass is 313 g/mol. The molecule has 0 radical (unpaired) electrons. The zero-order chi connectivity index (χ0) is 16.4. The van der Waals surface area contributed by atoms with E-state index in [4.69, 9.17) is 0 Å². The maximum Gasteiger partial charge on any atom is 0.181 e. The lowest BCUT2D eigenvalue weighted by Crippen LogP contribution is -1.85. The highest BCUT2D eigenvalue weighted by molar-refractivity contribution is 5.99. The molecule has 116 valence electrons. The van der Waals surface area contributed by atoms with Gasteiger partial charge in [-0.2, -0.15) is 10.2 Å². The Morgan fingerprint density at radius 2 is 1.58 bits per heavy atom. The van der Waals surface area contributed by atoms with E-state index < -0.39 is 0 Å². The molecule has 0 bridgehead atoms. The number of hydrogen-bond acceptors (Lipinski definition) is 4. The van der Waals surface area contributed by atoms with Crippen LogP contribution in [0.3, 0.4) is 0 Å². The number of aromatic nitrogens is 3. The second-order valence-electron chi connectivity index (χ2n) is 5.47. The van der Waals surface area contributed by atoms with Crippen LogP contribution in [0.1, 0.15) is 5.69 Å². The normalized spacial score (nSPS) is 11.4. The summed E-state index contributed by atoms with van der Waals surface area (Å²) in [6.07, 6.45) is 1.72. The Kier molecular flexibility index (Phi) is 3.59. The second kappa shape index (κ2) is 6.04. The molecule has 0 aliphatic carbocycles. The first-order valence-electron chi connectivity index (χ1n) is 7.69. The van der Waals surface area contributed by atoms with Gasteiger partial charge in [0.2, 0.25) is 0 Å². The maximum absolute atomic E-state index is 4.44. The van der Waals surface area contributed by atoms with Crippen molar-refractivity contribution in [2.45, 2.75) is 6.92 Å². The molecule has 0 atom stereocenters. The Hall–Kier alpha value is -3.34. The number of pyridine rings is 1. The smallest absolute Gasteiger partial charge is 0.181 e. The van der Waals surface area contributed by atoms with Crippen molar-refractivity contribution in [2.24, 2.45) is 10.2 Å². The SMILES string of the molecule is Cc1[nH]nc2ncc(N=Nc3ccccc3)c(-c3ccccc3)c12. The van der Waals surface area contributed by atoms with Crippen molar-refractivity contribution in [3.63, 3.8) is 0 Å². The number of H-pyrrole nitrogens is 1. The van der Waals surface area contributed by atoms with Gasteiger partial charge in [-0.1, -0.05) is 48.5 Å². The highest BCUT2D eigenvalue weighted by Crippen LogP contribution is 2.37. The average Bonchev–Trinajstić information content (AvgIpc) is 3.02. The predicted molar refractivity (Wildman–Crippen MR) is 94.7 cm³/mol. The van der Waals surface area contributed by atoms with E-state index in [1.54, 1.807) is 6.20 Å². The number of nitrogens with zero attached hydrogens (tertiary/aromatic N) is 4. The van der Waals surface area contributed by atoms with E-state index in [0.29, 0.717) is 5.65 Å². The number of fused-ring (bicyclic) bond motifs is 1. The van der Waals surface area contributed by atoms with E-state index in [1.165, 1.54) is 0 Å². The van der Waals surface area contributed by atoms with Crippen molar-refractivity contribution in [1.82, 2.24) is 15.2 Å². The number of aryl methyl sites for hydroxylation is 1. The van der Waals surface area contributed by atoms with Crippen molar-refractivity contribution >= 4 is 22.4 Å². The quantitative estimate of drug-likeness (QED) is 0.518. The second-order valence-corrected chi connectivity index (χ2v) is 5.47. The van der Waals surface area contributed by atoms with Gasteiger partial charge in [0.15, 0.2) is 5.65 Å². The molecule has 0 aliphatic rings. The first kappa shape index (κ1) is 14.3. The van der Waals surface area contributed by atoms with Crippen LogP contribution in [0.15, 0.2) is 77.1 Å². The number of aromatic amines is 1. The molecule has 2 aromatic carbocycles. The molecule has 0 spiro atoms. The standard InChI is InChI=1S/C19H15N5/c1-13-17-18(14-8-4-2-5-9-14)16(12-20-19(17)24-21-13)23-22-15-10-6-3-7-11-15/h2-12H,1H3,(H,20,21,24). The van der Waals surface area contributed by atoms with Gasteiger partial charge >= 0.3 is 0 Å². The molecule has 4 aromatic rings. The molecule has 5 heteroatoms. The number of hydrogen-bond donors (Lipinski definition) is 1. The first-order valence-corrected chi connectivity index (χ1v) is 7.69. The van der Waals surface area contributed by atoms with Crippen LogP contribution in [0.5, 0.6) is 0 Å². The van der Waals surface area contributed by atoms with Gasteiger partial charge in [-0.25, -0.2) is 4.98 Å². The highest BCUT2D eigenvalue weighted by atomic mass is 15.2. The van der Waals surface area contributed by atoms with Crippen LogP contribution in [0.25, 0.3) is 22.2 Å². The third kappa shape index (κ3) is 2.56. The zero-order valence-electron chi connectivity index (χ0n) is 13.1. The number of benzene rings is 2. The predicted octanol–water partition coefficient (Wildman–Crippen LogP) is 5.35. The van der Waals surface area contributed by atoms with E-state index in [-0.39, 0.29) is 0 Å². The number of rotatable bonds is 3. The first-order chi connectivity index (χ1) is 11.8. The minimum absolute atomic E-state index is 0.685. The summed E-state index contributed by atoms with van der Waals surface area (Å²) in [4.78, 5) is 4.40. The Bertz CT molecular complexity index is 1000. The van der Waals surface area contributed by atoms with E-state index >= 15 is 0 Å². The zero-order valence-corrected chi connectivity index (χ0v) is 13.1. The third-order valence-corrected chi connectivity index (χ3v) is 3.84. The van der Waals surface area contributed by atoms with Gasteiger partial charge in [0, 0.05) is 11.3 Å². The molecule has 2 aromatic heterocycles. The van der Waals surface area contributed by atoms with Crippen LogP contribution < -0.4 is 0 Å². The van der Waals surface area contributed by atoms with Crippen LogP contribution in [-0.4, -0.2) is 15.2 Å². The molecular weight excluding hydrogens is 298 g/mol. The molecule has 4 rings (SSSR count). The Balaban J connectivity index is 1.92. The summed E-state index contributed by atoms with van der Waals surface area (Å²) >= 11 is 0. The molecule has 5 nitrogen and oxygen atoms in total. The average molecular weight is 313 g/mol. The summed E-state index contributed by atoms with van der Waals surface area (Å²) in [7, 11) is 0. The fourth-order valence-corrected chi connectivity index (χ4v) is 2.70. The number of azo groups is 1. The summed E-state index contributed by atoms with van der Waals surface area (Å²) in [6, 6.07) is 19.8. The van der Waals surface area contributed by atoms with Crippen molar-refractivity contribution < 1.29 is 0 Å². The molecule has 0 saturated heterocycles. The molecule has 24 heavy (non-hydrogen) atoms. The maximum atomic E-state index is 4.44. The van der Waals surface area contributed by atoms with Crippen LogP contribution in [0.2, 0.25) is 0 Å². The fourth-order valence-electron chi connectivity index (χ4n) is 2.70. The van der Waals surface area contributed by atoms with Crippen LogP contribution in [0.4, 0.5) is 11.4 Å². The molecule has 1 N–H and O–H groups in total. The van der Waals surface area contributed by atoms with Gasteiger partial charge in [-0.05, 0) is 24.6 Å². The van der Waals surface area contributed by atoms with E-state index in [2.05, 4.69) is 37.5 Å². The highest BCUT2D eigenvalue weighted by Gasteiger charge is 2.15. The molecule has 0 fully saturated rings. The molecular formula is C19H15N5. The molecule has 2 heterocycles. The van der Waals surface area contributed by atoms with E-state index in [0.717, 1.165) is 33.6 Å². The topological polar surface area (TPSA) is 66.3 Å². The van der Waals surface area contributed by atoms with Crippen molar-refractivity contribution in [3.05, 3.63) is 72.6 Å². The lowest BCUT2D eigenvalue weighted by atomic mass is 10.0. The summed E-state index contributed by atoms with van der Waals surface area (Å²) < 4.78 is 0. The molecule has 0 amide bonds. The lowest BCUT2D eigenvalue weighted by molar-refractivity contribution is 1.05. The summed E-state index contributed by atoms with van der Waals surface area (Å²) in [6.45, 7) is 1.99. The minimum Gasteiger partial charge on any atom is -0.280 e. The van der Waals surface area contributed by atoms with Crippen LogP contribution >= 0.6 is 0 Å². The van der Waals surface area contributed by atoms with Gasteiger partial charge in [0.25, 0.3) is 0 Å². The minimum atomic E-state index is 0.685. The fraction of sp³-hybridized carbons (Fsp3) is 0.0526. The Morgan fingerprint density at radius 1 is 0.875 bits per heavy atom. The van der Waals surface area contributed by atoms with E-state index in [1.807, 2.05) is 55.5 Å². The Labute approximate surface area is 139 Å². The van der Waals surface area contributed by atoms with Crippen molar-refractivity contribution in [1.29, 1.82) is 0 Å². The molecule has 0 unspecified atom stereocenters. The summed E-state index contributed by atoms with van der Waals surface area (Å²) in [5.41, 5.74) is 5.24. The number of nitrogens with one attached hydrogen (secondary N) is 1. The molecule has 0 saturated carbocycles. The van der Waals surface area contributed by atoms with Crippen LogP contribution in [0, 0.1) is 6.92 Å². The summed E-state index contributed by atoms with van der Waals surface area (Å²) in [5.74, 6) is 0. The van der Waals surface area contributed by atoms with Crippen LogP contribution in [-0.2, 0) is 0 Å². The van der Waals surface area contributed by atoms with E-state index in [9.17, 15) is 0 Å². The van der Waals surface area contributed by atoms with Crippen molar-refractivity contribution in [2.75, 3.05) is 0 Å². The van der Waals surface area contributed by atoms with Gasteiger partial charge < -0.3 is 0 Å². The summed E-state index contributed by atoms with van der Waals surface area (Å²) in [5, 5.41) is 17.0. The van der Waals surface area contributed by atoms with Gasteiger partial charge in [0.1, 0.15) is 5.69 Å². The van der Waals surface area contributed by atoms with Gasteiger partial charge in [0.05, 0.1) is 17.3 Å². The van der Waals surface area contributed by atoms with Gasteiger partial charge in [-0.15, -0.1) is 5.11 Å². The van der Waals surface area contributed by atoms with Gasteiger partial charge in [-0.3, -0.25) is 5.10 Å². The lowest BCUT2D eigenvalue weighted by Gasteiger charge is -2.07. The van der Waals surface area contributed by atoms with Crippen molar-refractivity contribution in [3.8, 4) is 11.1 Å². The molecule has 0 aliphatic heterocycles. The third-order valence-electron chi connectivity index (χ3n) is 3.84.